The van der Waals surface area contributed by atoms with E-state index in [1.165, 1.54) is 96.6 Å². The number of carbonyl (C=O) groups excluding carboxylic acids is 3. The van der Waals surface area contributed by atoms with E-state index in [1.54, 1.807) is 0 Å². The van der Waals surface area contributed by atoms with Crippen molar-refractivity contribution in [3.05, 3.63) is 48.6 Å². The van der Waals surface area contributed by atoms with Crippen LogP contribution >= 0.6 is 0 Å². The lowest BCUT2D eigenvalue weighted by atomic mass is 10.1. The van der Waals surface area contributed by atoms with Gasteiger partial charge in [0.1, 0.15) is 19.8 Å². The number of carbonyl (C=O) groups is 3. The summed E-state index contributed by atoms with van der Waals surface area (Å²) in [6.07, 6.45) is 48.5. The predicted molar refractivity (Wildman–Crippen MR) is 235 cm³/mol. The van der Waals surface area contributed by atoms with Gasteiger partial charge in [-0.15, -0.1) is 0 Å². The summed E-state index contributed by atoms with van der Waals surface area (Å²) in [6, 6.07) is 0. The third kappa shape index (κ3) is 35.7. The second kappa shape index (κ2) is 40.5. The molecule has 0 unspecified atom stereocenters. The van der Waals surface area contributed by atoms with Crippen LogP contribution in [0.25, 0.3) is 0 Å². The Morgan fingerprint density at radius 1 is 0.446 bits per heavy atom. The van der Waals surface area contributed by atoms with Gasteiger partial charge in [0.05, 0.1) is 5.92 Å². The summed E-state index contributed by atoms with van der Waals surface area (Å²) in [4.78, 5) is 40.0. The Balaban J connectivity index is 2.24. The maximum atomic E-state index is 12.5. The molecule has 1 rings (SSSR count). The van der Waals surface area contributed by atoms with E-state index in [9.17, 15) is 14.4 Å². The van der Waals surface area contributed by atoms with Crippen LogP contribution in [0.15, 0.2) is 48.6 Å². The maximum Gasteiger partial charge on any atom is 0.305 e. The predicted octanol–water partition coefficient (Wildman–Crippen LogP) is 13.1. The van der Waals surface area contributed by atoms with Gasteiger partial charge in [0.25, 0.3) is 0 Å². The quantitative estimate of drug-likeness (QED) is 0.0265. The number of likely N-dealkylation sites (tertiary alicyclic amines) is 1. The Bertz CT molecular complexity index is 983. The lowest BCUT2D eigenvalue weighted by Crippen LogP contribution is -2.37. The SMILES string of the molecule is CCCCC/C=C\C/C=C\CCCCCCCC(=O)OCC(COC(=O)CCCCCCC/C=C\C/C=C\CCCCC)COC(=O)CCCCCN1CCC1. The van der Waals surface area contributed by atoms with Crippen LogP contribution < -0.4 is 0 Å². The Labute approximate surface area is 344 Å². The maximum absolute atomic E-state index is 12.5. The second-order valence-corrected chi connectivity index (χ2v) is 15.9. The zero-order valence-corrected chi connectivity index (χ0v) is 36.3. The standard InChI is InChI=1S/C49H85NO6/c1-3-5-7-9-11-13-15-17-19-21-23-25-27-29-32-37-47(51)54-43-46(45-56-49(53)39-34-31-35-40-50-41-36-42-50)44-55-48(52)38-33-30-28-26-24-22-20-18-16-14-12-10-8-6-4-2/h11-14,17-20,46H,3-10,15-16,21-45H2,1-2H3/b13-11-,14-12-,19-17-,20-18-. The number of nitrogens with zero attached hydrogens (tertiary/aromatic N) is 1. The van der Waals surface area contributed by atoms with Crippen LogP contribution in [-0.4, -0.2) is 62.3 Å². The normalized spacial score (nSPS) is 13.5. The van der Waals surface area contributed by atoms with E-state index in [0.717, 1.165) is 90.0 Å². The molecule has 1 heterocycles. The highest BCUT2D eigenvalue weighted by molar-refractivity contribution is 5.70. The average molecular weight is 784 g/mol. The van der Waals surface area contributed by atoms with Gasteiger partial charge < -0.3 is 19.1 Å². The first-order valence-corrected chi connectivity index (χ1v) is 23.3. The van der Waals surface area contributed by atoms with E-state index in [2.05, 4.69) is 67.4 Å². The molecular formula is C49H85NO6. The molecule has 0 saturated carbocycles. The van der Waals surface area contributed by atoms with Gasteiger partial charge >= 0.3 is 17.9 Å². The first-order valence-electron chi connectivity index (χ1n) is 23.3. The molecule has 1 saturated heterocycles. The van der Waals surface area contributed by atoms with Gasteiger partial charge in [0, 0.05) is 19.3 Å². The minimum absolute atomic E-state index is 0.0825. The van der Waals surface area contributed by atoms with Gasteiger partial charge in [0.15, 0.2) is 0 Å². The van der Waals surface area contributed by atoms with Crippen LogP contribution in [0.4, 0.5) is 0 Å². The van der Waals surface area contributed by atoms with Crippen molar-refractivity contribution in [1.29, 1.82) is 0 Å². The Morgan fingerprint density at radius 3 is 1.14 bits per heavy atom. The van der Waals surface area contributed by atoms with Crippen LogP contribution in [0.5, 0.6) is 0 Å². The summed E-state index contributed by atoms with van der Waals surface area (Å²) in [5.41, 5.74) is 0. The monoisotopic (exact) mass is 784 g/mol. The van der Waals surface area contributed by atoms with E-state index in [-0.39, 0.29) is 43.6 Å². The first kappa shape index (κ1) is 51.3. The molecule has 7 nitrogen and oxygen atoms in total. The summed E-state index contributed by atoms with van der Waals surface area (Å²) >= 11 is 0. The fraction of sp³-hybridized carbons (Fsp3) is 0.776. The lowest BCUT2D eigenvalue weighted by molar-refractivity contribution is -0.153. The number of ether oxygens (including phenoxy) is 3. The molecule has 0 spiro atoms. The number of unbranched alkanes of at least 4 members (excludes halogenated alkanes) is 18. The second-order valence-electron chi connectivity index (χ2n) is 15.9. The molecule has 0 aromatic rings. The molecule has 0 aromatic carbocycles. The summed E-state index contributed by atoms with van der Waals surface area (Å²) in [5.74, 6) is -1.10. The van der Waals surface area contributed by atoms with Crippen LogP contribution in [0, 0.1) is 5.92 Å². The highest BCUT2D eigenvalue weighted by atomic mass is 16.6. The van der Waals surface area contributed by atoms with Crippen molar-refractivity contribution < 1.29 is 28.6 Å². The minimum atomic E-state index is -0.368. The van der Waals surface area contributed by atoms with E-state index in [0.29, 0.717) is 19.3 Å². The van der Waals surface area contributed by atoms with Crippen molar-refractivity contribution in [2.75, 3.05) is 39.5 Å². The summed E-state index contributed by atoms with van der Waals surface area (Å²) in [5, 5.41) is 0. The topological polar surface area (TPSA) is 82.1 Å². The fourth-order valence-electron chi connectivity index (χ4n) is 6.54. The number of hydrogen-bond acceptors (Lipinski definition) is 7. The first-order chi connectivity index (χ1) is 27.5. The Kier molecular flexibility index (Phi) is 37.2. The summed E-state index contributed by atoms with van der Waals surface area (Å²) in [7, 11) is 0. The summed E-state index contributed by atoms with van der Waals surface area (Å²) in [6.45, 7) is 8.23. The van der Waals surface area contributed by atoms with Gasteiger partial charge in [-0.05, 0) is 116 Å². The largest absolute Gasteiger partial charge is 0.465 e. The third-order valence-corrected chi connectivity index (χ3v) is 10.4. The van der Waals surface area contributed by atoms with Gasteiger partial charge in [-0.25, -0.2) is 0 Å². The smallest absolute Gasteiger partial charge is 0.305 e. The van der Waals surface area contributed by atoms with E-state index in [4.69, 9.17) is 14.2 Å². The molecule has 0 amide bonds. The zero-order valence-electron chi connectivity index (χ0n) is 36.3. The van der Waals surface area contributed by atoms with E-state index < -0.39 is 0 Å². The van der Waals surface area contributed by atoms with Crippen molar-refractivity contribution in [3.8, 4) is 0 Å². The third-order valence-electron chi connectivity index (χ3n) is 10.4. The van der Waals surface area contributed by atoms with Crippen LogP contribution in [0.3, 0.4) is 0 Å². The molecule has 0 aliphatic carbocycles. The van der Waals surface area contributed by atoms with Gasteiger partial charge in [-0.2, -0.15) is 0 Å². The molecule has 322 valence electrons. The van der Waals surface area contributed by atoms with Gasteiger partial charge in [0.2, 0.25) is 0 Å². The number of hydrogen-bond donors (Lipinski definition) is 0. The molecule has 0 aromatic heterocycles. The number of esters is 3. The van der Waals surface area contributed by atoms with Crippen molar-refractivity contribution in [2.45, 2.75) is 200 Å². The van der Waals surface area contributed by atoms with Crippen LogP contribution in [0.2, 0.25) is 0 Å². The molecule has 7 heteroatoms. The molecule has 0 N–H and O–H groups in total. The minimum Gasteiger partial charge on any atom is -0.465 e. The van der Waals surface area contributed by atoms with Gasteiger partial charge in [-0.1, -0.05) is 133 Å². The van der Waals surface area contributed by atoms with Crippen molar-refractivity contribution in [2.24, 2.45) is 5.92 Å². The Hall–Kier alpha value is -2.67. The molecule has 1 aliphatic rings. The van der Waals surface area contributed by atoms with Crippen molar-refractivity contribution in [1.82, 2.24) is 4.90 Å². The Morgan fingerprint density at radius 2 is 0.786 bits per heavy atom. The van der Waals surface area contributed by atoms with E-state index in [1.807, 2.05) is 0 Å². The average Bonchev–Trinajstić information content (AvgIpc) is 3.18. The molecule has 0 atom stereocenters. The highest BCUT2D eigenvalue weighted by Crippen LogP contribution is 2.13. The van der Waals surface area contributed by atoms with Gasteiger partial charge in [-0.3, -0.25) is 14.4 Å². The fourth-order valence-corrected chi connectivity index (χ4v) is 6.54. The van der Waals surface area contributed by atoms with E-state index >= 15 is 0 Å². The number of allylic oxidation sites excluding steroid dienone is 8. The molecule has 0 bridgehead atoms. The molecule has 0 radical (unpaired) electrons. The summed E-state index contributed by atoms with van der Waals surface area (Å²) < 4.78 is 16.7. The molecule has 1 fully saturated rings. The molecular weight excluding hydrogens is 699 g/mol. The van der Waals surface area contributed by atoms with Crippen molar-refractivity contribution in [3.63, 3.8) is 0 Å². The van der Waals surface area contributed by atoms with Crippen molar-refractivity contribution >= 4 is 17.9 Å². The number of rotatable bonds is 40. The van der Waals surface area contributed by atoms with Crippen LogP contribution in [-0.2, 0) is 28.6 Å². The zero-order chi connectivity index (χ0) is 40.4. The lowest BCUT2D eigenvalue weighted by Gasteiger charge is -2.30. The molecule has 1 aliphatic heterocycles. The van der Waals surface area contributed by atoms with Crippen LogP contribution in [0.1, 0.15) is 200 Å². The molecule has 56 heavy (non-hydrogen) atoms. The highest BCUT2D eigenvalue weighted by Gasteiger charge is 2.18.